The molecule has 1 aromatic carbocycles. The molecule has 1 N–H and O–H groups in total. The second-order valence-electron chi connectivity index (χ2n) is 7.54. The summed E-state index contributed by atoms with van der Waals surface area (Å²) in [6.07, 6.45) is 2.47. The highest BCUT2D eigenvalue weighted by Crippen LogP contribution is 2.37. The molecular formula is C18H25Cl2N3O2S. The number of thiol groups is 1. The molecule has 144 valence electrons. The molecule has 2 aromatic rings. The van der Waals surface area contributed by atoms with Gasteiger partial charge in [-0.25, -0.2) is 9.67 Å². The van der Waals surface area contributed by atoms with Crippen LogP contribution in [-0.2, 0) is 6.54 Å². The first-order valence-electron chi connectivity index (χ1n) is 8.43. The van der Waals surface area contributed by atoms with E-state index < -0.39 is 5.60 Å². The van der Waals surface area contributed by atoms with E-state index in [1.165, 1.54) is 6.33 Å². The number of ether oxygens (including phenoxy) is 1. The molecule has 2 unspecified atom stereocenters. The first-order valence-corrected chi connectivity index (χ1v) is 9.63. The van der Waals surface area contributed by atoms with Crippen molar-refractivity contribution in [2.45, 2.75) is 63.9 Å². The van der Waals surface area contributed by atoms with Crippen molar-refractivity contribution in [1.29, 1.82) is 0 Å². The Kier molecular flexibility index (Phi) is 6.88. The highest BCUT2D eigenvalue weighted by atomic mass is 35.5. The molecule has 0 aliphatic rings. The number of aliphatic hydroxyl groups is 1. The van der Waals surface area contributed by atoms with Gasteiger partial charge < -0.3 is 9.84 Å². The minimum Gasteiger partial charge on any atom is -0.489 e. The van der Waals surface area contributed by atoms with E-state index in [1.54, 1.807) is 22.9 Å². The summed E-state index contributed by atoms with van der Waals surface area (Å²) in [7, 11) is 0. The molecule has 26 heavy (non-hydrogen) atoms. The highest BCUT2D eigenvalue weighted by molar-refractivity contribution is 7.80. The van der Waals surface area contributed by atoms with Gasteiger partial charge in [0.2, 0.25) is 0 Å². The third-order valence-electron chi connectivity index (χ3n) is 4.59. The Labute approximate surface area is 170 Å². The number of benzene rings is 1. The zero-order valence-electron chi connectivity index (χ0n) is 15.4. The molecule has 2 atom stereocenters. The molecule has 0 amide bonds. The molecular weight excluding hydrogens is 393 g/mol. The number of hydrogen-bond acceptors (Lipinski definition) is 5. The van der Waals surface area contributed by atoms with Crippen molar-refractivity contribution in [2.24, 2.45) is 5.41 Å². The molecule has 0 saturated carbocycles. The van der Waals surface area contributed by atoms with Gasteiger partial charge in [0.15, 0.2) is 5.16 Å². The zero-order valence-corrected chi connectivity index (χ0v) is 17.8. The van der Waals surface area contributed by atoms with Crippen LogP contribution in [0.15, 0.2) is 29.7 Å². The lowest BCUT2D eigenvalue weighted by Gasteiger charge is -2.41. The Morgan fingerprint density at radius 1 is 1.31 bits per heavy atom. The van der Waals surface area contributed by atoms with Crippen LogP contribution in [-0.4, -0.2) is 31.6 Å². The van der Waals surface area contributed by atoms with Gasteiger partial charge in [-0.2, -0.15) is 5.10 Å². The monoisotopic (exact) mass is 417 g/mol. The summed E-state index contributed by atoms with van der Waals surface area (Å²) < 4.78 is 7.52. The van der Waals surface area contributed by atoms with E-state index in [4.69, 9.17) is 27.9 Å². The summed E-state index contributed by atoms with van der Waals surface area (Å²) in [5.41, 5.74) is -1.36. The predicted molar refractivity (Wildman–Crippen MR) is 107 cm³/mol. The second-order valence-corrected chi connectivity index (χ2v) is 8.78. The maximum Gasteiger partial charge on any atom is 0.183 e. The summed E-state index contributed by atoms with van der Waals surface area (Å²) in [4.78, 5) is 4.01. The molecule has 0 saturated heterocycles. The van der Waals surface area contributed by atoms with E-state index in [2.05, 4.69) is 22.7 Å². The number of rotatable bonds is 7. The van der Waals surface area contributed by atoms with Gasteiger partial charge in [0, 0.05) is 5.02 Å². The Morgan fingerprint density at radius 3 is 2.54 bits per heavy atom. The van der Waals surface area contributed by atoms with Gasteiger partial charge in [0.1, 0.15) is 12.1 Å². The van der Waals surface area contributed by atoms with Crippen molar-refractivity contribution in [1.82, 2.24) is 14.8 Å². The van der Waals surface area contributed by atoms with E-state index in [1.807, 2.05) is 27.7 Å². The van der Waals surface area contributed by atoms with Gasteiger partial charge in [-0.1, -0.05) is 44.0 Å². The van der Waals surface area contributed by atoms with Crippen LogP contribution in [0, 0.1) is 5.41 Å². The van der Waals surface area contributed by atoms with Crippen molar-refractivity contribution >= 4 is 35.8 Å². The standard InChI is InChI=1S/C18H25Cl2N3O2S/c1-12(25-15-6-5-13(19)9-14(15)20)7-8-18(24,17(2,3)4)10-23-16(26)21-11-22-23/h5-6,9,11-12,24H,7-8,10H2,1-4H3,(H,21,22,26). The fourth-order valence-corrected chi connectivity index (χ4v) is 3.22. The minimum atomic E-state index is -1.00. The maximum atomic E-state index is 11.3. The third-order valence-corrected chi connectivity index (χ3v) is 5.47. The summed E-state index contributed by atoms with van der Waals surface area (Å²) in [5.74, 6) is 0.580. The largest absolute Gasteiger partial charge is 0.489 e. The van der Waals surface area contributed by atoms with E-state index in [-0.39, 0.29) is 11.5 Å². The quantitative estimate of drug-likeness (QED) is 0.628. The molecule has 1 aromatic heterocycles. The van der Waals surface area contributed by atoms with Gasteiger partial charge in [0.25, 0.3) is 0 Å². The number of halogens is 2. The lowest BCUT2D eigenvalue weighted by atomic mass is 9.73. The maximum absolute atomic E-state index is 11.3. The smallest absolute Gasteiger partial charge is 0.183 e. The van der Waals surface area contributed by atoms with Crippen LogP contribution in [0.1, 0.15) is 40.5 Å². The Balaban J connectivity index is 2.05. The van der Waals surface area contributed by atoms with E-state index in [0.29, 0.717) is 40.3 Å². The molecule has 2 rings (SSSR count). The lowest BCUT2D eigenvalue weighted by molar-refractivity contribution is -0.0867. The molecule has 0 aliphatic heterocycles. The Hall–Kier alpha value is -0.950. The number of aromatic nitrogens is 3. The minimum absolute atomic E-state index is 0.131. The fraction of sp³-hybridized carbons (Fsp3) is 0.556. The van der Waals surface area contributed by atoms with Gasteiger partial charge in [-0.3, -0.25) is 0 Å². The second kappa shape index (κ2) is 8.38. The van der Waals surface area contributed by atoms with E-state index in [0.717, 1.165) is 0 Å². The van der Waals surface area contributed by atoms with Crippen molar-refractivity contribution in [3.63, 3.8) is 0 Å². The predicted octanol–water partition coefficient (Wildman–Crippen LogP) is 4.90. The molecule has 1 heterocycles. The molecule has 0 aliphatic carbocycles. The topological polar surface area (TPSA) is 60.2 Å². The van der Waals surface area contributed by atoms with E-state index in [9.17, 15) is 5.11 Å². The first-order chi connectivity index (χ1) is 12.0. The average Bonchev–Trinajstić information content (AvgIpc) is 2.92. The van der Waals surface area contributed by atoms with E-state index >= 15 is 0 Å². The third kappa shape index (κ3) is 5.28. The first kappa shape index (κ1) is 21.4. The molecule has 0 fully saturated rings. The summed E-state index contributed by atoms with van der Waals surface area (Å²) >= 11 is 16.4. The van der Waals surface area contributed by atoms with Gasteiger partial charge >= 0.3 is 0 Å². The zero-order chi connectivity index (χ0) is 19.5. The van der Waals surface area contributed by atoms with Gasteiger partial charge in [0.05, 0.1) is 23.3 Å². The van der Waals surface area contributed by atoms with Crippen LogP contribution in [0.4, 0.5) is 0 Å². The number of hydrogen-bond donors (Lipinski definition) is 2. The van der Waals surface area contributed by atoms with Crippen LogP contribution in [0.3, 0.4) is 0 Å². The number of nitrogens with zero attached hydrogens (tertiary/aromatic N) is 3. The van der Waals surface area contributed by atoms with Crippen LogP contribution < -0.4 is 4.74 Å². The highest BCUT2D eigenvalue weighted by Gasteiger charge is 2.41. The molecule has 0 radical (unpaired) electrons. The average molecular weight is 418 g/mol. The summed E-state index contributed by atoms with van der Waals surface area (Å²) in [6, 6.07) is 5.13. The molecule has 0 bridgehead atoms. The Morgan fingerprint density at radius 2 is 2.00 bits per heavy atom. The van der Waals surface area contributed by atoms with Gasteiger partial charge in [-0.05, 0) is 43.4 Å². The molecule has 0 spiro atoms. The summed E-state index contributed by atoms with van der Waals surface area (Å²) in [5, 5.41) is 17.0. The lowest BCUT2D eigenvalue weighted by Crippen LogP contribution is -2.47. The van der Waals surface area contributed by atoms with Crippen LogP contribution in [0.5, 0.6) is 5.75 Å². The van der Waals surface area contributed by atoms with Crippen molar-refractivity contribution < 1.29 is 9.84 Å². The van der Waals surface area contributed by atoms with Crippen molar-refractivity contribution in [3.05, 3.63) is 34.6 Å². The normalized spacial score (nSPS) is 15.5. The van der Waals surface area contributed by atoms with Crippen LogP contribution in [0.25, 0.3) is 0 Å². The molecule has 5 nitrogen and oxygen atoms in total. The van der Waals surface area contributed by atoms with Crippen LogP contribution >= 0.6 is 35.8 Å². The van der Waals surface area contributed by atoms with Gasteiger partial charge in [-0.15, -0.1) is 12.6 Å². The summed E-state index contributed by atoms with van der Waals surface area (Å²) in [6.45, 7) is 8.27. The Bertz CT molecular complexity index is 748. The fourth-order valence-electron chi connectivity index (χ4n) is 2.60. The SMILES string of the molecule is CC(CCC(O)(Cn1ncnc1S)C(C)(C)C)Oc1ccc(Cl)cc1Cl. The van der Waals surface area contributed by atoms with Crippen LogP contribution in [0.2, 0.25) is 10.0 Å². The van der Waals surface area contributed by atoms with Crippen molar-refractivity contribution in [3.8, 4) is 5.75 Å². The molecule has 8 heteroatoms. The van der Waals surface area contributed by atoms with Crippen molar-refractivity contribution in [2.75, 3.05) is 0 Å².